The molecule has 0 bridgehead atoms. The molecule has 1 aromatic carbocycles. The Morgan fingerprint density at radius 1 is 1.16 bits per heavy atom. The number of aliphatic hydroxyl groups excluding tert-OH is 1. The van der Waals surface area contributed by atoms with Crippen LogP contribution in [-0.4, -0.2) is 60.1 Å². The van der Waals surface area contributed by atoms with Crippen molar-refractivity contribution in [1.29, 1.82) is 0 Å². The molecular formula is C19H31N3O3. The number of para-hydroxylation sites is 1. The molecule has 0 fully saturated rings. The number of nitrogens with zero attached hydrogens (tertiary/aromatic N) is 2. The van der Waals surface area contributed by atoms with E-state index in [0.29, 0.717) is 13.0 Å². The van der Waals surface area contributed by atoms with E-state index < -0.39 is 6.10 Å². The minimum absolute atomic E-state index is 0.00899. The van der Waals surface area contributed by atoms with Crippen molar-refractivity contribution in [3.05, 3.63) is 30.3 Å². The van der Waals surface area contributed by atoms with Crippen LogP contribution in [0, 0.1) is 0 Å². The van der Waals surface area contributed by atoms with Gasteiger partial charge in [-0.3, -0.25) is 9.59 Å². The standard InChI is InChI=1S/C19H31N3O3/c1-6-16(23)12-22(15-10-8-7-9-11-15)14-18(25)21(5)13-17(24)20-19(2,3)4/h7-11,16,23H,6,12-14H2,1-5H3,(H,20,24)/t16-/m1/s1. The van der Waals surface area contributed by atoms with Gasteiger partial charge in [0.1, 0.15) is 0 Å². The average Bonchev–Trinajstić information content (AvgIpc) is 2.52. The van der Waals surface area contributed by atoms with Gasteiger partial charge in [0, 0.05) is 24.8 Å². The molecule has 1 rings (SSSR count). The number of nitrogens with one attached hydrogen (secondary N) is 1. The predicted molar refractivity (Wildman–Crippen MR) is 100 cm³/mol. The Balaban J connectivity index is 2.72. The second kappa shape index (κ2) is 9.42. The van der Waals surface area contributed by atoms with Gasteiger partial charge in [-0.2, -0.15) is 0 Å². The number of aliphatic hydroxyl groups is 1. The number of carbonyl (C=O) groups is 2. The van der Waals surface area contributed by atoms with Gasteiger partial charge in [0.25, 0.3) is 0 Å². The third kappa shape index (κ3) is 8.03. The SMILES string of the molecule is CC[C@@H](O)CN(CC(=O)N(C)CC(=O)NC(C)(C)C)c1ccccc1. The van der Waals surface area contributed by atoms with Crippen molar-refractivity contribution in [2.45, 2.75) is 45.8 Å². The van der Waals surface area contributed by atoms with Crippen molar-refractivity contribution in [1.82, 2.24) is 10.2 Å². The van der Waals surface area contributed by atoms with Crippen LogP contribution in [0.1, 0.15) is 34.1 Å². The monoisotopic (exact) mass is 349 g/mol. The molecule has 0 unspecified atom stereocenters. The number of benzene rings is 1. The summed E-state index contributed by atoms with van der Waals surface area (Å²) in [7, 11) is 1.62. The molecule has 0 aromatic heterocycles. The molecule has 0 saturated carbocycles. The Bertz CT molecular complexity index is 555. The fourth-order valence-electron chi connectivity index (χ4n) is 2.33. The van der Waals surface area contributed by atoms with Gasteiger partial charge in [0.05, 0.1) is 19.2 Å². The van der Waals surface area contributed by atoms with E-state index >= 15 is 0 Å². The maximum atomic E-state index is 12.5. The zero-order chi connectivity index (χ0) is 19.0. The lowest BCUT2D eigenvalue weighted by atomic mass is 10.1. The summed E-state index contributed by atoms with van der Waals surface area (Å²) in [5.41, 5.74) is 0.540. The predicted octanol–water partition coefficient (Wildman–Crippen LogP) is 1.64. The van der Waals surface area contributed by atoms with Crippen molar-refractivity contribution < 1.29 is 14.7 Å². The Labute approximate surface area is 150 Å². The maximum Gasteiger partial charge on any atom is 0.242 e. The summed E-state index contributed by atoms with van der Waals surface area (Å²) in [6, 6.07) is 9.50. The first kappa shape index (κ1) is 21.0. The van der Waals surface area contributed by atoms with Gasteiger partial charge in [-0.1, -0.05) is 25.1 Å². The second-order valence-corrected chi connectivity index (χ2v) is 7.33. The van der Waals surface area contributed by atoms with Crippen molar-refractivity contribution >= 4 is 17.5 Å². The molecule has 1 atom stereocenters. The van der Waals surface area contributed by atoms with Gasteiger partial charge < -0.3 is 20.2 Å². The second-order valence-electron chi connectivity index (χ2n) is 7.33. The van der Waals surface area contributed by atoms with E-state index in [2.05, 4.69) is 5.32 Å². The molecule has 0 spiro atoms. The molecule has 0 aliphatic rings. The number of amides is 2. The molecule has 0 aliphatic heterocycles. The van der Waals surface area contributed by atoms with Crippen LogP contribution in [0.3, 0.4) is 0 Å². The number of rotatable bonds is 8. The van der Waals surface area contributed by atoms with Crippen LogP contribution in [0.15, 0.2) is 30.3 Å². The highest BCUT2D eigenvalue weighted by molar-refractivity contribution is 5.87. The summed E-state index contributed by atoms with van der Waals surface area (Å²) in [5, 5.41) is 12.8. The summed E-state index contributed by atoms with van der Waals surface area (Å²) in [4.78, 5) is 27.8. The van der Waals surface area contributed by atoms with E-state index in [-0.39, 0.29) is 30.4 Å². The molecule has 0 heterocycles. The highest BCUT2D eigenvalue weighted by Gasteiger charge is 2.21. The first-order valence-electron chi connectivity index (χ1n) is 8.65. The van der Waals surface area contributed by atoms with Crippen LogP contribution in [0.25, 0.3) is 0 Å². The van der Waals surface area contributed by atoms with Gasteiger partial charge >= 0.3 is 0 Å². The molecule has 25 heavy (non-hydrogen) atoms. The molecule has 0 saturated heterocycles. The van der Waals surface area contributed by atoms with Crippen LogP contribution < -0.4 is 10.2 Å². The summed E-state index contributed by atoms with van der Waals surface area (Å²) in [6.45, 7) is 8.09. The summed E-state index contributed by atoms with van der Waals surface area (Å²) in [6.07, 6.45) is 0.101. The summed E-state index contributed by atoms with van der Waals surface area (Å²) < 4.78 is 0. The van der Waals surface area contributed by atoms with E-state index in [9.17, 15) is 14.7 Å². The number of carbonyl (C=O) groups excluding carboxylic acids is 2. The van der Waals surface area contributed by atoms with Gasteiger partial charge in [0.2, 0.25) is 11.8 Å². The molecule has 0 radical (unpaired) electrons. The molecular weight excluding hydrogens is 318 g/mol. The van der Waals surface area contributed by atoms with Crippen LogP contribution >= 0.6 is 0 Å². The largest absolute Gasteiger partial charge is 0.391 e. The van der Waals surface area contributed by atoms with Crippen molar-refractivity contribution in [3.63, 3.8) is 0 Å². The smallest absolute Gasteiger partial charge is 0.242 e. The fraction of sp³-hybridized carbons (Fsp3) is 0.579. The van der Waals surface area contributed by atoms with Crippen LogP contribution in [0.4, 0.5) is 5.69 Å². The molecule has 2 N–H and O–H groups in total. The number of hydrogen-bond donors (Lipinski definition) is 2. The van der Waals surface area contributed by atoms with Crippen molar-refractivity contribution in [2.75, 3.05) is 31.6 Å². The minimum Gasteiger partial charge on any atom is -0.391 e. The highest BCUT2D eigenvalue weighted by Crippen LogP contribution is 2.14. The van der Waals surface area contributed by atoms with Crippen LogP contribution in [-0.2, 0) is 9.59 Å². The third-order valence-corrected chi connectivity index (χ3v) is 3.67. The molecule has 0 aliphatic carbocycles. The van der Waals surface area contributed by atoms with Crippen molar-refractivity contribution in [3.8, 4) is 0 Å². The molecule has 140 valence electrons. The Hall–Kier alpha value is -2.08. The maximum absolute atomic E-state index is 12.5. The van der Waals surface area contributed by atoms with E-state index in [1.165, 1.54) is 4.90 Å². The van der Waals surface area contributed by atoms with Gasteiger partial charge in [0.15, 0.2) is 0 Å². The van der Waals surface area contributed by atoms with E-state index in [1.54, 1.807) is 7.05 Å². The Morgan fingerprint density at radius 3 is 2.28 bits per heavy atom. The molecule has 1 aromatic rings. The van der Waals surface area contributed by atoms with Gasteiger partial charge in [-0.15, -0.1) is 0 Å². The zero-order valence-electron chi connectivity index (χ0n) is 16.0. The molecule has 2 amide bonds. The van der Waals surface area contributed by atoms with Gasteiger partial charge in [-0.05, 0) is 39.3 Å². The quantitative estimate of drug-likeness (QED) is 0.748. The van der Waals surface area contributed by atoms with E-state index in [0.717, 1.165) is 5.69 Å². The fourth-order valence-corrected chi connectivity index (χ4v) is 2.33. The van der Waals surface area contributed by atoms with Crippen LogP contribution in [0.5, 0.6) is 0 Å². The van der Waals surface area contributed by atoms with E-state index in [4.69, 9.17) is 0 Å². The van der Waals surface area contributed by atoms with Gasteiger partial charge in [-0.25, -0.2) is 0 Å². The lowest BCUT2D eigenvalue weighted by molar-refractivity contribution is -0.134. The minimum atomic E-state index is -0.512. The third-order valence-electron chi connectivity index (χ3n) is 3.67. The number of hydrogen-bond acceptors (Lipinski definition) is 4. The molecule has 6 nitrogen and oxygen atoms in total. The highest BCUT2D eigenvalue weighted by atomic mass is 16.3. The van der Waals surface area contributed by atoms with Crippen molar-refractivity contribution in [2.24, 2.45) is 0 Å². The zero-order valence-corrected chi connectivity index (χ0v) is 16.0. The Kier molecular flexibility index (Phi) is 7.90. The lowest BCUT2D eigenvalue weighted by Gasteiger charge is -2.29. The van der Waals surface area contributed by atoms with E-state index in [1.807, 2.05) is 62.9 Å². The first-order chi connectivity index (χ1) is 11.6. The Morgan fingerprint density at radius 2 is 1.76 bits per heavy atom. The topological polar surface area (TPSA) is 72.9 Å². The molecule has 6 heteroatoms. The number of likely N-dealkylation sites (N-methyl/N-ethyl adjacent to an activating group) is 1. The average molecular weight is 349 g/mol. The summed E-state index contributed by atoms with van der Waals surface area (Å²) in [5.74, 6) is -0.362. The normalized spacial score (nSPS) is 12.4. The summed E-state index contributed by atoms with van der Waals surface area (Å²) >= 11 is 0. The first-order valence-corrected chi connectivity index (χ1v) is 8.65. The van der Waals surface area contributed by atoms with Crippen LogP contribution in [0.2, 0.25) is 0 Å². The lowest BCUT2D eigenvalue weighted by Crippen LogP contribution is -2.48. The number of anilines is 1.